The molecule has 0 unspecified atom stereocenters. The van der Waals surface area contributed by atoms with Gasteiger partial charge in [-0.1, -0.05) is 24.3 Å². The highest BCUT2D eigenvalue weighted by Crippen LogP contribution is 2.20. The van der Waals surface area contributed by atoms with Crippen molar-refractivity contribution >= 4 is 5.91 Å². The zero-order chi connectivity index (χ0) is 16.0. The minimum absolute atomic E-state index is 0.000184. The Morgan fingerprint density at radius 3 is 2.68 bits per heavy atom. The molecule has 1 aromatic heterocycles. The SMILES string of the molecule is CC(C)(NC(=O)CCn1ccnc1)c1ccc(CC#N)cc1. The van der Waals surface area contributed by atoms with E-state index in [1.165, 1.54) is 0 Å². The monoisotopic (exact) mass is 296 g/mol. The van der Waals surface area contributed by atoms with Crippen LogP contribution in [0.2, 0.25) is 0 Å². The zero-order valence-electron chi connectivity index (χ0n) is 12.9. The molecule has 0 fully saturated rings. The molecule has 0 bridgehead atoms. The number of aryl methyl sites for hydroxylation is 1. The number of amides is 1. The van der Waals surface area contributed by atoms with Crippen molar-refractivity contribution in [3.8, 4) is 6.07 Å². The molecule has 1 aromatic carbocycles. The number of aromatic nitrogens is 2. The van der Waals surface area contributed by atoms with Gasteiger partial charge in [-0.15, -0.1) is 0 Å². The van der Waals surface area contributed by atoms with Crippen molar-refractivity contribution < 1.29 is 4.79 Å². The van der Waals surface area contributed by atoms with Crippen molar-refractivity contribution in [2.24, 2.45) is 0 Å². The van der Waals surface area contributed by atoms with Gasteiger partial charge in [-0.25, -0.2) is 4.98 Å². The lowest BCUT2D eigenvalue weighted by Crippen LogP contribution is -2.41. The van der Waals surface area contributed by atoms with Crippen molar-refractivity contribution in [2.45, 2.75) is 38.8 Å². The second-order valence-corrected chi connectivity index (χ2v) is 5.76. The van der Waals surface area contributed by atoms with Crippen LogP contribution in [0.25, 0.3) is 0 Å². The molecule has 2 rings (SSSR count). The first kappa shape index (κ1) is 15.8. The van der Waals surface area contributed by atoms with Crippen molar-refractivity contribution in [2.75, 3.05) is 0 Å². The summed E-state index contributed by atoms with van der Waals surface area (Å²) in [4.78, 5) is 16.1. The quantitative estimate of drug-likeness (QED) is 0.889. The van der Waals surface area contributed by atoms with Crippen LogP contribution in [0.5, 0.6) is 0 Å². The fourth-order valence-electron chi connectivity index (χ4n) is 2.26. The molecule has 114 valence electrons. The maximum Gasteiger partial charge on any atom is 0.222 e. The first-order chi connectivity index (χ1) is 10.5. The second kappa shape index (κ2) is 6.90. The molecular weight excluding hydrogens is 276 g/mol. The first-order valence-corrected chi connectivity index (χ1v) is 7.24. The van der Waals surface area contributed by atoms with Gasteiger partial charge in [0, 0.05) is 25.4 Å². The van der Waals surface area contributed by atoms with Crippen LogP contribution in [0, 0.1) is 11.3 Å². The highest BCUT2D eigenvalue weighted by atomic mass is 16.1. The molecule has 5 heteroatoms. The summed E-state index contributed by atoms with van der Waals surface area (Å²) in [5.74, 6) is -0.000184. The molecule has 1 N–H and O–H groups in total. The third-order valence-electron chi connectivity index (χ3n) is 3.57. The van der Waals surface area contributed by atoms with Crippen molar-refractivity contribution in [3.05, 3.63) is 54.1 Å². The van der Waals surface area contributed by atoms with E-state index in [0.29, 0.717) is 19.4 Å². The Bertz CT molecular complexity index is 651. The maximum absolute atomic E-state index is 12.1. The minimum atomic E-state index is -0.447. The fraction of sp³-hybridized carbons (Fsp3) is 0.353. The lowest BCUT2D eigenvalue weighted by Gasteiger charge is -2.27. The predicted molar refractivity (Wildman–Crippen MR) is 83.8 cm³/mol. The van der Waals surface area contributed by atoms with Crippen LogP contribution in [0.1, 0.15) is 31.4 Å². The summed E-state index contributed by atoms with van der Waals surface area (Å²) in [7, 11) is 0. The van der Waals surface area contributed by atoms with Crippen molar-refractivity contribution in [1.82, 2.24) is 14.9 Å². The number of carbonyl (C=O) groups is 1. The van der Waals surface area contributed by atoms with Crippen LogP contribution < -0.4 is 5.32 Å². The number of carbonyl (C=O) groups excluding carboxylic acids is 1. The van der Waals surface area contributed by atoms with E-state index in [9.17, 15) is 4.79 Å². The normalized spacial score (nSPS) is 11.0. The highest BCUT2D eigenvalue weighted by Gasteiger charge is 2.22. The van der Waals surface area contributed by atoms with Gasteiger partial charge in [0.1, 0.15) is 0 Å². The van der Waals surface area contributed by atoms with Gasteiger partial charge in [0.05, 0.1) is 24.4 Å². The third kappa shape index (κ3) is 4.19. The lowest BCUT2D eigenvalue weighted by atomic mass is 9.93. The summed E-state index contributed by atoms with van der Waals surface area (Å²) < 4.78 is 1.88. The smallest absolute Gasteiger partial charge is 0.222 e. The molecule has 0 spiro atoms. The molecule has 0 aliphatic carbocycles. The summed E-state index contributed by atoms with van der Waals surface area (Å²) >= 11 is 0. The number of nitrogens with zero attached hydrogens (tertiary/aromatic N) is 3. The molecule has 5 nitrogen and oxygen atoms in total. The molecule has 1 amide bonds. The number of rotatable bonds is 6. The maximum atomic E-state index is 12.1. The Balaban J connectivity index is 1.94. The summed E-state index contributed by atoms with van der Waals surface area (Å²) in [5.41, 5.74) is 1.55. The molecule has 0 saturated carbocycles. The number of hydrogen-bond acceptors (Lipinski definition) is 3. The van der Waals surface area contributed by atoms with E-state index < -0.39 is 5.54 Å². The summed E-state index contributed by atoms with van der Waals surface area (Å²) in [5, 5.41) is 11.7. The molecule has 0 radical (unpaired) electrons. The Kier molecular flexibility index (Phi) is 4.95. The average molecular weight is 296 g/mol. The molecule has 2 aromatic rings. The van der Waals surface area contributed by atoms with Crippen LogP contribution in [-0.4, -0.2) is 15.5 Å². The lowest BCUT2D eigenvalue weighted by molar-refractivity contribution is -0.123. The Hall–Kier alpha value is -2.61. The Labute approximate surface area is 130 Å². The number of nitriles is 1. The van der Waals surface area contributed by atoms with E-state index in [1.54, 1.807) is 12.5 Å². The minimum Gasteiger partial charge on any atom is -0.347 e. The number of hydrogen-bond donors (Lipinski definition) is 1. The summed E-state index contributed by atoms with van der Waals surface area (Å²) in [6.07, 6.45) is 6.05. The van der Waals surface area contributed by atoms with E-state index in [1.807, 2.05) is 48.9 Å². The number of imidazole rings is 1. The van der Waals surface area contributed by atoms with Gasteiger partial charge in [0.2, 0.25) is 5.91 Å². The number of nitrogens with one attached hydrogen (secondary N) is 1. The third-order valence-corrected chi connectivity index (χ3v) is 3.57. The Morgan fingerprint density at radius 2 is 2.09 bits per heavy atom. The van der Waals surface area contributed by atoms with Gasteiger partial charge in [-0.2, -0.15) is 5.26 Å². The number of benzene rings is 1. The van der Waals surface area contributed by atoms with Gasteiger partial charge >= 0.3 is 0 Å². The van der Waals surface area contributed by atoms with Gasteiger partial charge in [-0.3, -0.25) is 4.79 Å². The summed E-state index contributed by atoms with van der Waals surface area (Å²) in [6.45, 7) is 4.56. The van der Waals surface area contributed by atoms with Gasteiger partial charge in [0.25, 0.3) is 0 Å². The van der Waals surface area contributed by atoms with Gasteiger partial charge in [0.15, 0.2) is 0 Å². The highest BCUT2D eigenvalue weighted by molar-refractivity contribution is 5.76. The van der Waals surface area contributed by atoms with Crippen LogP contribution in [0.3, 0.4) is 0 Å². The van der Waals surface area contributed by atoms with Crippen LogP contribution >= 0.6 is 0 Å². The fourth-order valence-corrected chi connectivity index (χ4v) is 2.26. The molecular formula is C17H20N4O. The van der Waals surface area contributed by atoms with Crippen LogP contribution in [0.15, 0.2) is 43.0 Å². The molecule has 0 saturated heterocycles. The summed E-state index contributed by atoms with van der Waals surface area (Å²) in [6, 6.07) is 9.91. The zero-order valence-corrected chi connectivity index (χ0v) is 12.9. The Morgan fingerprint density at radius 1 is 1.36 bits per heavy atom. The average Bonchev–Trinajstić information content (AvgIpc) is 2.99. The molecule has 0 aliphatic heterocycles. The second-order valence-electron chi connectivity index (χ2n) is 5.76. The largest absolute Gasteiger partial charge is 0.347 e. The van der Waals surface area contributed by atoms with E-state index >= 15 is 0 Å². The topological polar surface area (TPSA) is 70.7 Å². The van der Waals surface area contributed by atoms with E-state index in [2.05, 4.69) is 16.4 Å². The standard InChI is InChI=1S/C17H20N4O/c1-17(2,15-5-3-14(4-6-15)7-9-18)20-16(22)8-11-21-12-10-19-13-21/h3-6,10,12-13H,7-8,11H2,1-2H3,(H,20,22). The van der Waals surface area contributed by atoms with E-state index in [4.69, 9.17) is 5.26 Å². The van der Waals surface area contributed by atoms with Crippen molar-refractivity contribution in [1.29, 1.82) is 5.26 Å². The van der Waals surface area contributed by atoms with E-state index in [0.717, 1.165) is 11.1 Å². The molecule has 22 heavy (non-hydrogen) atoms. The predicted octanol–water partition coefficient (Wildman–Crippen LogP) is 2.39. The van der Waals surface area contributed by atoms with E-state index in [-0.39, 0.29) is 5.91 Å². The van der Waals surface area contributed by atoms with Gasteiger partial charge in [-0.05, 0) is 25.0 Å². The first-order valence-electron chi connectivity index (χ1n) is 7.24. The van der Waals surface area contributed by atoms with Crippen LogP contribution in [0.4, 0.5) is 0 Å². The molecule has 1 heterocycles. The molecule has 0 atom stereocenters. The van der Waals surface area contributed by atoms with Gasteiger partial charge < -0.3 is 9.88 Å². The van der Waals surface area contributed by atoms with Crippen LogP contribution in [-0.2, 0) is 23.3 Å². The van der Waals surface area contributed by atoms with Crippen molar-refractivity contribution in [3.63, 3.8) is 0 Å². The molecule has 0 aliphatic rings.